The Balaban J connectivity index is 1.45. The summed E-state index contributed by atoms with van der Waals surface area (Å²) in [6, 6.07) is 12.5. The van der Waals surface area contributed by atoms with Crippen molar-refractivity contribution in [2.24, 2.45) is 11.8 Å². The van der Waals surface area contributed by atoms with Crippen molar-refractivity contribution in [3.63, 3.8) is 0 Å². The Hall–Kier alpha value is -3.66. The molecule has 0 aromatic heterocycles. The average molecular weight is 606 g/mol. The molecule has 0 saturated carbocycles. The number of anilines is 2. The molecule has 4 aliphatic rings. The SMILES string of the molecule is CCOc1ccc(N2CC=C[C@@]3(C)O[C@]45C=CCN(c6ccc(Cl)cc6)C(=O)C4N([C@@H](CC)CO)C(=O)[C@@H]5[C@H]3C2=O)cc1. The van der Waals surface area contributed by atoms with Crippen molar-refractivity contribution in [1.29, 1.82) is 0 Å². The molecular formula is C33H36ClN3O6. The normalized spacial score (nSPS) is 30.6. The van der Waals surface area contributed by atoms with Gasteiger partial charge in [-0.1, -0.05) is 42.8 Å². The third-order valence-corrected chi connectivity index (χ3v) is 9.42. The molecule has 43 heavy (non-hydrogen) atoms. The molecule has 0 radical (unpaired) electrons. The lowest BCUT2D eigenvalue weighted by Crippen LogP contribution is -2.58. The number of likely N-dealkylation sites (tertiary alicyclic amines) is 1. The Morgan fingerprint density at radius 1 is 0.907 bits per heavy atom. The van der Waals surface area contributed by atoms with Crippen LogP contribution in [-0.4, -0.2) is 77.3 Å². The van der Waals surface area contributed by atoms with E-state index in [0.717, 1.165) is 0 Å². The zero-order valence-electron chi connectivity index (χ0n) is 24.5. The van der Waals surface area contributed by atoms with Gasteiger partial charge in [0.1, 0.15) is 17.4 Å². The molecule has 4 heterocycles. The number of hydrogen-bond donors (Lipinski definition) is 1. The fraction of sp³-hybridized carbons (Fsp3) is 0.424. The highest BCUT2D eigenvalue weighted by Gasteiger charge is 2.75. The summed E-state index contributed by atoms with van der Waals surface area (Å²) in [7, 11) is 0. The first-order valence-corrected chi connectivity index (χ1v) is 15.2. The van der Waals surface area contributed by atoms with E-state index in [1.54, 1.807) is 40.1 Å². The Kier molecular flexibility index (Phi) is 7.61. The highest BCUT2D eigenvalue weighted by molar-refractivity contribution is 6.30. The fourth-order valence-electron chi connectivity index (χ4n) is 7.24. The Morgan fingerprint density at radius 2 is 1.51 bits per heavy atom. The van der Waals surface area contributed by atoms with Crippen molar-refractivity contribution < 1.29 is 29.0 Å². The van der Waals surface area contributed by atoms with E-state index in [4.69, 9.17) is 21.1 Å². The summed E-state index contributed by atoms with van der Waals surface area (Å²) in [6.45, 7) is 6.34. The second-order valence-corrected chi connectivity index (χ2v) is 12.0. The molecule has 1 unspecified atom stereocenters. The summed E-state index contributed by atoms with van der Waals surface area (Å²) in [5, 5.41) is 10.9. The molecule has 1 spiro atoms. The third-order valence-electron chi connectivity index (χ3n) is 9.17. The van der Waals surface area contributed by atoms with Crippen LogP contribution in [-0.2, 0) is 19.1 Å². The topological polar surface area (TPSA) is 99.6 Å². The van der Waals surface area contributed by atoms with Crippen LogP contribution in [0.25, 0.3) is 0 Å². The average Bonchev–Trinajstić information content (AvgIpc) is 3.26. The van der Waals surface area contributed by atoms with E-state index < -0.39 is 35.1 Å². The number of hydrogen-bond acceptors (Lipinski definition) is 6. The number of fused-ring (bicyclic) bond motifs is 2. The van der Waals surface area contributed by atoms with Gasteiger partial charge in [0.15, 0.2) is 0 Å². The number of aliphatic hydroxyl groups excluding tert-OH is 1. The van der Waals surface area contributed by atoms with Gasteiger partial charge < -0.3 is 29.3 Å². The molecular weight excluding hydrogens is 570 g/mol. The summed E-state index contributed by atoms with van der Waals surface area (Å²) in [4.78, 5) is 48.4. The van der Waals surface area contributed by atoms with E-state index in [9.17, 15) is 19.5 Å². The van der Waals surface area contributed by atoms with Gasteiger partial charge in [0, 0.05) is 29.5 Å². The van der Waals surface area contributed by atoms with Crippen molar-refractivity contribution in [2.45, 2.75) is 50.5 Å². The molecule has 3 amide bonds. The Labute approximate surface area is 256 Å². The summed E-state index contributed by atoms with van der Waals surface area (Å²) >= 11 is 6.13. The molecule has 2 aromatic carbocycles. The van der Waals surface area contributed by atoms with Crippen molar-refractivity contribution >= 4 is 40.7 Å². The molecule has 1 N–H and O–H groups in total. The van der Waals surface area contributed by atoms with E-state index in [1.807, 2.05) is 63.3 Å². The largest absolute Gasteiger partial charge is 0.494 e. The molecule has 6 rings (SSSR count). The minimum atomic E-state index is -1.42. The van der Waals surface area contributed by atoms with Crippen molar-refractivity contribution in [2.75, 3.05) is 36.1 Å². The second-order valence-electron chi connectivity index (χ2n) is 11.6. The predicted molar refractivity (Wildman–Crippen MR) is 163 cm³/mol. The summed E-state index contributed by atoms with van der Waals surface area (Å²) in [5.74, 6) is -2.16. The van der Waals surface area contributed by atoms with Gasteiger partial charge in [-0.2, -0.15) is 0 Å². The molecule has 10 heteroatoms. The Bertz CT molecular complexity index is 1470. The summed E-state index contributed by atoms with van der Waals surface area (Å²) < 4.78 is 12.5. The lowest BCUT2D eigenvalue weighted by atomic mass is 9.74. The van der Waals surface area contributed by atoms with Crippen LogP contribution in [0.1, 0.15) is 27.2 Å². The lowest BCUT2D eigenvalue weighted by molar-refractivity contribution is -0.148. The van der Waals surface area contributed by atoms with Gasteiger partial charge >= 0.3 is 0 Å². The van der Waals surface area contributed by atoms with Crippen molar-refractivity contribution in [3.8, 4) is 5.75 Å². The maximum absolute atomic E-state index is 14.6. The zero-order chi connectivity index (χ0) is 30.5. The number of nitrogens with zero attached hydrogens (tertiary/aromatic N) is 3. The maximum Gasteiger partial charge on any atom is 0.253 e. The number of ether oxygens (including phenoxy) is 2. The van der Waals surface area contributed by atoms with Crippen molar-refractivity contribution in [3.05, 3.63) is 77.9 Å². The van der Waals surface area contributed by atoms with Crippen LogP contribution in [0, 0.1) is 11.8 Å². The molecule has 0 aliphatic carbocycles. The molecule has 6 atom stereocenters. The standard InChI is InChI=1S/C33H36ClN3O6/c1-4-22(20-38)37-28-31(41)36(23-10-8-21(34)9-11-23)19-7-17-33(28)27(30(37)40)26-29(39)35(18-6-16-32(26,3)43-33)24-12-14-25(15-13-24)42-5-2/h6-17,22,26-28,38H,4-5,18-20H2,1-3H3/t22-,26-,27-,28?,32+,33-/m0/s1. The lowest BCUT2D eigenvalue weighted by Gasteiger charge is -2.40. The number of carbonyl (C=O) groups excluding carboxylic acids is 3. The van der Waals surface area contributed by atoms with E-state index >= 15 is 0 Å². The minimum Gasteiger partial charge on any atom is -0.494 e. The van der Waals surface area contributed by atoms with Gasteiger partial charge in [0.2, 0.25) is 11.8 Å². The first kappa shape index (κ1) is 29.4. The predicted octanol–water partition coefficient (Wildman–Crippen LogP) is 3.99. The summed E-state index contributed by atoms with van der Waals surface area (Å²) in [6.07, 6.45) is 7.81. The number of aliphatic hydroxyl groups is 1. The van der Waals surface area contributed by atoms with Crippen LogP contribution >= 0.6 is 11.6 Å². The van der Waals surface area contributed by atoms with Crippen LogP contribution in [0.5, 0.6) is 5.75 Å². The number of amides is 3. The molecule has 2 saturated heterocycles. The minimum absolute atomic E-state index is 0.246. The molecule has 9 nitrogen and oxygen atoms in total. The van der Waals surface area contributed by atoms with Gasteiger partial charge in [-0.25, -0.2) is 0 Å². The van der Waals surface area contributed by atoms with Gasteiger partial charge in [-0.15, -0.1) is 0 Å². The number of benzene rings is 2. The number of carbonyl (C=O) groups is 3. The first-order valence-electron chi connectivity index (χ1n) is 14.8. The van der Waals surface area contributed by atoms with Gasteiger partial charge in [-0.05, 0) is 68.8 Å². The molecule has 4 aliphatic heterocycles. The second kappa shape index (κ2) is 11.1. The zero-order valence-corrected chi connectivity index (χ0v) is 25.2. The van der Waals surface area contributed by atoms with Gasteiger partial charge in [0.05, 0.1) is 36.7 Å². The highest BCUT2D eigenvalue weighted by Crippen LogP contribution is 2.58. The fourth-order valence-corrected chi connectivity index (χ4v) is 7.37. The van der Waals surface area contributed by atoms with E-state index in [1.165, 1.54) is 4.90 Å². The summed E-state index contributed by atoms with van der Waals surface area (Å²) in [5.41, 5.74) is -1.27. The third kappa shape index (κ3) is 4.56. The van der Waals surface area contributed by atoms with E-state index in [-0.39, 0.29) is 30.9 Å². The molecule has 2 aromatic rings. The van der Waals surface area contributed by atoms with Gasteiger partial charge in [0.25, 0.3) is 5.91 Å². The monoisotopic (exact) mass is 605 g/mol. The van der Waals surface area contributed by atoms with Crippen LogP contribution in [0.15, 0.2) is 72.8 Å². The first-order chi connectivity index (χ1) is 20.7. The number of rotatable bonds is 7. The molecule has 226 valence electrons. The molecule has 0 bridgehead atoms. The van der Waals surface area contributed by atoms with Crippen LogP contribution < -0.4 is 14.5 Å². The quantitative estimate of drug-likeness (QED) is 0.479. The van der Waals surface area contributed by atoms with Crippen LogP contribution in [0.2, 0.25) is 5.02 Å². The smallest absolute Gasteiger partial charge is 0.253 e. The number of halogens is 1. The van der Waals surface area contributed by atoms with Crippen LogP contribution in [0.4, 0.5) is 11.4 Å². The molecule has 2 fully saturated rings. The van der Waals surface area contributed by atoms with E-state index in [2.05, 4.69) is 0 Å². The van der Waals surface area contributed by atoms with Crippen molar-refractivity contribution in [1.82, 2.24) is 4.90 Å². The Morgan fingerprint density at radius 3 is 2.12 bits per heavy atom. The highest BCUT2D eigenvalue weighted by atomic mass is 35.5. The van der Waals surface area contributed by atoms with Crippen LogP contribution in [0.3, 0.4) is 0 Å². The maximum atomic E-state index is 14.6. The van der Waals surface area contributed by atoms with Gasteiger partial charge in [-0.3, -0.25) is 14.4 Å². The van der Waals surface area contributed by atoms with E-state index in [0.29, 0.717) is 41.7 Å².